The molecule has 1 amide bonds. The van der Waals surface area contributed by atoms with Crippen LogP contribution >= 0.6 is 11.6 Å². The van der Waals surface area contributed by atoms with Crippen LogP contribution in [-0.2, 0) is 17.3 Å². The van der Waals surface area contributed by atoms with Crippen LogP contribution in [0.1, 0.15) is 43.2 Å². The van der Waals surface area contributed by atoms with Crippen molar-refractivity contribution in [3.8, 4) is 0 Å². The van der Waals surface area contributed by atoms with Crippen LogP contribution in [0, 0.1) is 5.82 Å². The number of alkyl halides is 2. The van der Waals surface area contributed by atoms with Crippen molar-refractivity contribution in [2.24, 2.45) is 0 Å². The molecule has 150 valence electrons. The Morgan fingerprint density at radius 1 is 1.32 bits per heavy atom. The van der Waals surface area contributed by atoms with E-state index < -0.39 is 42.3 Å². The monoisotopic (exact) mass is 415 g/mol. The van der Waals surface area contributed by atoms with Crippen LogP contribution in [-0.4, -0.2) is 43.2 Å². The third-order valence-electron chi connectivity index (χ3n) is 5.13. The summed E-state index contributed by atoms with van der Waals surface area (Å²) in [7, 11) is 0. The zero-order valence-electron chi connectivity index (χ0n) is 14.7. The van der Waals surface area contributed by atoms with E-state index in [-0.39, 0.29) is 23.0 Å². The van der Waals surface area contributed by atoms with Gasteiger partial charge < -0.3 is 4.90 Å². The summed E-state index contributed by atoms with van der Waals surface area (Å²) >= 11 is 5.66. The van der Waals surface area contributed by atoms with Crippen molar-refractivity contribution in [3.63, 3.8) is 0 Å². The second-order valence-corrected chi connectivity index (χ2v) is 7.44. The molecule has 4 heterocycles. The Hall–Kier alpha value is -2.36. The highest BCUT2D eigenvalue weighted by atomic mass is 35.5. The largest absolute Gasteiger partial charge is 0.347 e. The van der Waals surface area contributed by atoms with Crippen molar-refractivity contribution in [1.82, 2.24) is 24.2 Å². The molecule has 0 bridgehead atoms. The fraction of sp³-hybridized carbons (Fsp3) is 0.529. The van der Waals surface area contributed by atoms with Crippen LogP contribution in [0.4, 0.5) is 13.2 Å². The van der Waals surface area contributed by atoms with E-state index >= 15 is 0 Å². The Bertz CT molecular complexity index is 984. The summed E-state index contributed by atoms with van der Waals surface area (Å²) in [5.41, 5.74) is -1.05. The summed E-state index contributed by atoms with van der Waals surface area (Å²) in [6, 6.07) is -0.0174. The third-order valence-corrected chi connectivity index (χ3v) is 5.33. The molecule has 0 aromatic carbocycles. The van der Waals surface area contributed by atoms with Gasteiger partial charge in [0.25, 0.3) is 0 Å². The van der Waals surface area contributed by atoms with E-state index in [2.05, 4.69) is 10.1 Å². The number of pyridine rings is 1. The number of halogens is 4. The summed E-state index contributed by atoms with van der Waals surface area (Å²) in [5, 5.41) is 3.80. The van der Waals surface area contributed by atoms with Crippen LogP contribution in [0.2, 0.25) is 5.02 Å². The second kappa shape index (κ2) is 6.91. The van der Waals surface area contributed by atoms with Gasteiger partial charge in [0, 0.05) is 25.7 Å². The topological polar surface area (TPSA) is 73.0 Å². The molecule has 0 radical (unpaired) electrons. The van der Waals surface area contributed by atoms with Gasteiger partial charge in [-0.3, -0.25) is 14.3 Å². The Morgan fingerprint density at radius 2 is 2.04 bits per heavy atom. The molecule has 0 N–H and O–H groups in total. The quantitative estimate of drug-likeness (QED) is 0.771. The standard InChI is InChI=1S/C17H17ClF3N5O2/c18-10-7-11(19)12(22-8-10)9-25-16(28)26-13(14(27)24-5-1-2-6-24)3-4-17(20,21)15(26)23-25/h7-8,13H,1-6,9H2. The van der Waals surface area contributed by atoms with Crippen molar-refractivity contribution < 1.29 is 18.0 Å². The van der Waals surface area contributed by atoms with Crippen LogP contribution in [0.3, 0.4) is 0 Å². The first kappa shape index (κ1) is 19.0. The summed E-state index contributed by atoms with van der Waals surface area (Å²) in [4.78, 5) is 31.0. The molecule has 2 aromatic rings. The van der Waals surface area contributed by atoms with Crippen LogP contribution in [0.25, 0.3) is 0 Å². The molecule has 7 nitrogen and oxygen atoms in total. The fourth-order valence-electron chi connectivity index (χ4n) is 3.70. The number of aromatic nitrogens is 4. The summed E-state index contributed by atoms with van der Waals surface area (Å²) in [6.45, 7) is 0.649. The van der Waals surface area contributed by atoms with Gasteiger partial charge in [0.1, 0.15) is 11.9 Å². The Morgan fingerprint density at radius 3 is 2.71 bits per heavy atom. The van der Waals surface area contributed by atoms with E-state index in [1.165, 1.54) is 6.20 Å². The van der Waals surface area contributed by atoms with Gasteiger partial charge in [0.15, 0.2) is 0 Å². The molecule has 2 aliphatic rings. The summed E-state index contributed by atoms with van der Waals surface area (Å²) in [5.74, 6) is -5.25. The molecule has 2 aromatic heterocycles. The lowest BCUT2D eigenvalue weighted by molar-refractivity contribution is -0.136. The third kappa shape index (κ3) is 3.19. The maximum absolute atomic E-state index is 14.4. The zero-order chi connectivity index (χ0) is 20.1. The first-order valence-corrected chi connectivity index (χ1v) is 9.32. The van der Waals surface area contributed by atoms with E-state index in [4.69, 9.17) is 11.6 Å². The lowest BCUT2D eigenvalue weighted by Gasteiger charge is -2.30. The molecule has 1 atom stereocenters. The van der Waals surface area contributed by atoms with Crippen molar-refractivity contribution in [3.05, 3.63) is 45.1 Å². The molecule has 0 aliphatic carbocycles. The highest BCUT2D eigenvalue weighted by Crippen LogP contribution is 2.39. The molecule has 1 fully saturated rings. The summed E-state index contributed by atoms with van der Waals surface area (Å²) < 4.78 is 44.3. The second-order valence-electron chi connectivity index (χ2n) is 7.01. The molecule has 1 saturated heterocycles. The van der Waals surface area contributed by atoms with Crippen molar-refractivity contribution >= 4 is 17.5 Å². The SMILES string of the molecule is O=C(C1CCC(F)(F)c2nn(Cc3ncc(Cl)cc3F)c(=O)n21)N1CCCC1. The molecule has 2 aliphatic heterocycles. The molecule has 0 spiro atoms. The smallest absolute Gasteiger partial charge is 0.341 e. The van der Waals surface area contributed by atoms with E-state index in [9.17, 15) is 22.8 Å². The molecule has 28 heavy (non-hydrogen) atoms. The molecule has 11 heteroatoms. The number of carbonyl (C=O) groups is 1. The van der Waals surface area contributed by atoms with E-state index in [0.29, 0.717) is 13.1 Å². The molecular formula is C17H17ClF3N5O2. The van der Waals surface area contributed by atoms with Gasteiger partial charge in [0.05, 0.1) is 17.3 Å². The number of rotatable bonds is 3. The van der Waals surface area contributed by atoms with Crippen molar-refractivity contribution in [2.75, 3.05) is 13.1 Å². The van der Waals surface area contributed by atoms with Crippen LogP contribution in [0.5, 0.6) is 0 Å². The number of fused-ring (bicyclic) bond motifs is 1. The minimum absolute atomic E-state index is 0.0699. The highest BCUT2D eigenvalue weighted by Gasteiger charge is 2.47. The predicted molar refractivity (Wildman–Crippen MR) is 92.8 cm³/mol. The van der Waals surface area contributed by atoms with Gasteiger partial charge >= 0.3 is 11.6 Å². The average molecular weight is 416 g/mol. The zero-order valence-corrected chi connectivity index (χ0v) is 15.5. The molecule has 1 unspecified atom stereocenters. The maximum atomic E-state index is 14.4. The van der Waals surface area contributed by atoms with Gasteiger partial charge in [-0.05, 0) is 25.3 Å². The number of nitrogens with zero attached hydrogens (tertiary/aromatic N) is 5. The first-order valence-electron chi connectivity index (χ1n) is 8.94. The molecule has 0 saturated carbocycles. The number of hydrogen-bond donors (Lipinski definition) is 0. The minimum atomic E-state index is -3.35. The van der Waals surface area contributed by atoms with Gasteiger partial charge in [-0.25, -0.2) is 13.9 Å². The van der Waals surface area contributed by atoms with Gasteiger partial charge in [-0.1, -0.05) is 11.6 Å². The molecular weight excluding hydrogens is 399 g/mol. The lowest BCUT2D eigenvalue weighted by Crippen LogP contribution is -2.44. The number of likely N-dealkylation sites (tertiary alicyclic amines) is 1. The number of amides is 1. The lowest BCUT2D eigenvalue weighted by atomic mass is 10.0. The van der Waals surface area contributed by atoms with Gasteiger partial charge in [-0.2, -0.15) is 8.78 Å². The maximum Gasteiger partial charge on any atom is 0.347 e. The fourth-order valence-corrected chi connectivity index (χ4v) is 3.84. The number of carbonyl (C=O) groups excluding carboxylic acids is 1. The average Bonchev–Trinajstić information content (AvgIpc) is 3.27. The van der Waals surface area contributed by atoms with E-state index in [1.54, 1.807) is 4.90 Å². The number of hydrogen-bond acceptors (Lipinski definition) is 4. The first-order chi connectivity index (χ1) is 13.3. The Labute approximate surface area is 162 Å². The van der Waals surface area contributed by atoms with Crippen LogP contribution < -0.4 is 5.69 Å². The Balaban J connectivity index is 1.73. The van der Waals surface area contributed by atoms with E-state index in [1.807, 2.05) is 0 Å². The summed E-state index contributed by atoms with van der Waals surface area (Å²) in [6.07, 6.45) is 2.14. The Kier molecular flexibility index (Phi) is 4.68. The highest BCUT2D eigenvalue weighted by molar-refractivity contribution is 6.30. The van der Waals surface area contributed by atoms with Gasteiger partial charge in [0.2, 0.25) is 11.7 Å². The predicted octanol–water partition coefficient (Wildman–Crippen LogP) is 2.33. The van der Waals surface area contributed by atoms with Crippen molar-refractivity contribution in [1.29, 1.82) is 0 Å². The minimum Gasteiger partial charge on any atom is -0.341 e. The molecule has 4 rings (SSSR count). The van der Waals surface area contributed by atoms with E-state index in [0.717, 1.165) is 28.2 Å². The van der Waals surface area contributed by atoms with Crippen LogP contribution in [0.15, 0.2) is 17.1 Å². The van der Waals surface area contributed by atoms with Gasteiger partial charge in [-0.15, -0.1) is 5.10 Å². The normalized spacial score (nSPS) is 21.0. The van der Waals surface area contributed by atoms with Crippen molar-refractivity contribution in [2.45, 2.75) is 44.2 Å².